The van der Waals surface area contributed by atoms with Gasteiger partial charge in [-0.15, -0.1) is 0 Å². The van der Waals surface area contributed by atoms with Gasteiger partial charge in [0.2, 0.25) is 0 Å². The van der Waals surface area contributed by atoms with Gasteiger partial charge in [-0.3, -0.25) is 9.82 Å². The normalized spacial score (nSPS) is 15.3. The summed E-state index contributed by atoms with van der Waals surface area (Å²) in [6, 6.07) is 7.37. The summed E-state index contributed by atoms with van der Waals surface area (Å²) in [6.07, 6.45) is 3.53. The van der Waals surface area contributed by atoms with Gasteiger partial charge in [-0.1, -0.05) is 6.07 Å². The molecule has 112 valence electrons. The molecule has 1 aliphatic heterocycles. The molecule has 0 saturated carbocycles. The molecule has 0 aliphatic carbocycles. The Hall–Kier alpha value is -2.22. The average molecular weight is 307 g/mol. The highest BCUT2D eigenvalue weighted by Gasteiger charge is 2.20. The van der Waals surface area contributed by atoms with E-state index in [1.54, 1.807) is 6.07 Å². The first kappa shape index (κ1) is 13.7. The molecule has 0 atom stereocenters. The Labute approximate surface area is 123 Å². The number of anilines is 3. The second-order valence-corrected chi connectivity index (χ2v) is 6.65. The van der Waals surface area contributed by atoms with Gasteiger partial charge in [0.1, 0.15) is 10.7 Å². The molecule has 0 unspecified atom stereocenters. The molecule has 3 rings (SSSR count). The molecule has 4 N–H and O–H groups in total. The third kappa shape index (κ3) is 2.80. The minimum absolute atomic E-state index is 0.0261. The van der Waals surface area contributed by atoms with E-state index >= 15 is 0 Å². The van der Waals surface area contributed by atoms with E-state index in [2.05, 4.69) is 19.8 Å². The van der Waals surface area contributed by atoms with E-state index in [-0.39, 0.29) is 10.7 Å². The Morgan fingerprint density at radius 3 is 2.71 bits per heavy atom. The van der Waals surface area contributed by atoms with Gasteiger partial charge in [-0.2, -0.15) is 5.10 Å². The van der Waals surface area contributed by atoms with Crippen LogP contribution in [-0.2, 0) is 10.0 Å². The zero-order valence-corrected chi connectivity index (χ0v) is 12.2. The standard InChI is InChI=1S/C13H17N5O2S/c14-13-12(9-15-16-13)21(19,20)17-10-4-3-5-11(8-10)18-6-1-2-7-18/h3-5,8-9,17H,1-2,6-7H2,(H3,14,15,16). The topological polar surface area (TPSA) is 104 Å². The van der Waals surface area contributed by atoms with E-state index in [0.717, 1.165) is 18.8 Å². The number of aromatic amines is 1. The van der Waals surface area contributed by atoms with Crippen LogP contribution < -0.4 is 15.4 Å². The number of nitrogens with zero attached hydrogens (tertiary/aromatic N) is 2. The molecule has 2 aromatic rings. The summed E-state index contributed by atoms with van der Waals surface area (Å²) in [6.45, 7) is 2.01. The number of aromatic nitrogens is 2. The minimum Gasteiger partial charge on any atom is -0.383 e. The van der Waals surface area contributed by atoms with Crippen LogP contribution in [0.3, 0.4) is 0 Å². The lowest BCUT2D eigenvalue weighted by Crippen LogP contribution is -2.18. The van der Waals surface area contributed by atoms with Crippen LogP contribution in [-0.4, -0.2) is 31.7 Å². The van der Waals surface area contributed by atoms with Crippen LogP contribution in [0.5, 0.6) is 0 Å². The van der Waals surface area contributed by atoms with Crippen molar-refractivity contribution in [1.29, 1.82) is 0 Å². The van der Waals surface area contributed by atoms with E-state index in [4.69, 9.17) is 5.73 Å². The van der Waals surface area contributed by atoms with Gasteiger partial charge in [0.25, 0.3) is 10.0 Å². The molecule has 0 radical (unpaired) electrons. The first-order chi connectivity index (χ1) is 10.1. The molecule has 1 aromatic carbocycles. The van der Waals surface area contributed by atoms with Crippen molar-refractivity contribution in [3.8, 4) is 0 Å². The second kappa shape index (κ2) is 5.28. The summed E-state index contributed by atoms with van der Waals surface area (Å²) < 4.78 is 27.0. The maximum Gasteiger partial charge on any atom is 0.267 e. The van der Waals surface area contributed by atoms with Crippen molar-refractivity contribution in [3.63, 3.8) is 0 Å². The molecule has 2 heterocycles. The summed E-state index contributed by atoms with van der Waals surface area (Å²) in [7, 11) is -3.73. The van der Waals surface area contributed by atoms with Crippen molar-refractivity contribution in [2.24, 2.45) is 0 Å². The fourth-order valence-corrected chi connectivity index (χ4v) is 3.52. The van der Waals surface area contributed by atoms with Crippen molar-refractivity contribution >= 4 is 27.2 Å². The van der Waals surface area contributed by atoms with Gasteiger partial charge >= 0.3 is 0 Å². The highest BCUT2D eigenvalue weighted by Crippen LogP contribution is 2.25. The molecule has 21 heavy (non-hydrogen) atoms. The van der Waals surface area contributed by atoms with Crippen LogP contribution in [0.4, 0.5) is 17.2 Å². The quantitative estimate of drug-likeness (QED) is 0.792. The Balaban J connectivity index is 1.85. The van der Waals surface area contributed by atoms with Gasteiger partial charge in [0, 0.05) is 18.8 Å². The molecular weight excluding hydrogens is 290 g/mol. The lowest BCUT2D eigenvalue weighted by Gasteiger charge is -2.18. The summed E-state index contributed by atoms with van der Waals surface area (Å²) in [5, 5.41) is 6.05. The van der Waals surface area contributed by atoms with Crippen molar-refractivity contribution in [1.82, 2.24) is 10.2 Å². The highest BCUT2D eigenvalue weighted by molar-refractivity contribution is 7.92. The number of nitrogens with one attached hydrogen (secondary N) is 2. The van der Waals surface area contributed by atoms with E-state index in [1.807, 2.05) is 18.2 Å². The van der Waals surface area contributed by atoms with Crippen molar-refractivity contribution in [2.45, 2.75) is 17.7 Å². The molecule has 1 fully saturated rings. The number of benzene rings is 1. The average Bonchev–Trinajstić information content (AvgIpc) is 3.09. The summed E-state index contributed by atoms with van der Waals surface area (Å²) in [5.41, 5.74) is 7.10. The molecule has 1 aliphatic rings. The van der Waals surface area contributed by atoms with Crippen LogP contribution >= 0.6 is 0 Å². The number of hydrogen-bond acceptors (Lipinski definition) is 5. The molecule has 0 spiro atoms. The monoisotopic (exact) mass is 307 g/mol. The van der Waals surface area contributed by atoms with E-state index in [9.17, 15) is 8.42 Å². The van der Waals surface area contributed by atoms with E-state index < -0.39 is 10.0 Å². The predicted molar refractivity (Wildman–Crippen MR) is 81.7 cm³/mol. The second-order valence-electron chi connectivity index (χ2n) is 5.00. The predicted octanol–water partition coefficient (Wildman–Crippen LogP) is 1.39. The molecule has 0 bridgehead atoms. The summed E-state index contributed by atoms with van der Waals surface area (Å²) in [4.78, 5) is 2.19. The third-order valence-corrected chi connectivity index (χ3v) is 4.90. The van der Waals surface area contributed by atoms with E-state index in [0.29, 0.717) is 5.69 Å². The Bertz CT molecular complexity index is 735. The van der Waals surface area contributed by atoms with Crippen LogP contribution in [0.1, 0.15) is 12.8 Å². The van der Waals surface area contributed by atoms with Crippen LogP contribution in [0.15, 0.2) is 35.4 Å². The van der Waals surface area contributed by atoms with Crippen LogP contribution in [0.2, 0.25) is 0 Å². The van der Waals surface area contributed by atoms with Gasteiger partial charge in [0.05, 0.1) is 11.9 Å². The molecule has 0 amide bonds. The zero-order chi connectivity index (χ0) is 14.9. The van der Waals surface area contributed by atoms with Gasteiger partial charge in [-0.05, 0) is 31.0 Å². The highest BCUT2D eigenvalue weighted by atomic mass is 32.2. The maximum absolute atomic E-state index is 12.3. The zero-order valence-electron chi connectivity index (χ0n) is 11.4. The number of nitrogens with two attached hydrogens (primary N) is 1. The van der Waals surface area contributed by atoms with Gasteiger partial charge in [-0.25, -0.2) is 8.42 Å². The number of H-pyrrole nitrogens is 1. The lowest BCUT2D eigenvalue weighted by atomic mass is 10.2. The molecule has 1 saturated heterocycles. The molecule has 7 nitrogen and oxygen atoms in total. The molecule has 8 heteroatoms. The SMILES string of the molecule is Nc1[nH]ncc1S(=O)(=O)Nc1cccc(N2CCCC2)c1. The smallest absolute Gasteiger partial charge is 0.267 e. The largest absolute Gasteiger partial charge is 0.383 e. The lowest BCUT2D eigenvalue weighted by molar-refractivity contribution is 0.601. The minimum atomic E-state index is -3.73. The van der Waals surface area contributed by atoms with Crippen LogP contribution in [0.25, 0.3) is 0 Å². The Kier molecular flexibility index (Phi) is 3.46. The first-order valence-corrected chi connectivity index (χ1v) is 8.21. The summed E-state index contributed by atoms with van der Waals surface area (Å²) in [5.74, 6) is 0.0261. The number of sulfonamides is 1. The maximum atomic E-state index is 12.3. The Morgan fingerprint density at radius 2 is 2.05 bits per heavy atom. The third-order valence-electron chi connectivity index (χ3n) is 3.49. The van der Waals surface area contributed by atoms with Crippen LogP contribution in [0, 0.1) is 0 Å². The molecular formula is C13H17N5O2S. The van der Waals surface area contributed by atoms with Crippen molar-refractivity contribution < 1.29 is 8.42 Å². The fraction of sp³-hybridized carbons (Fsp3) is 0.308. The van der Waals surface area contributed by atoms with Gasteiger partial charge in [0.15, 0.2) is 0 Å². The Morgan fingerprint density at radius 1 is 1.29 bits per heavy atom. The van der Waals surface area contributed by atoms with E-state index in [1.165, 1.54) is 19.0 Å². The molecule has 1 aromatic heterocycles. The number of rotatable bonds is 4. The number of nitrogen functional groups attached to an aromatic ring is 1. The first-order valence-electron chi connectivity index (χ1n) is 6.73. The van der Waals surface area contributed by atoms with Crippen molar-refractivity contribution in [3.05, 3.63) is 30.5 Å². The summed E-state index contributed by atoms with van der Waals surface area (Å²) >= 11 is 0. The van der Waals surface area contributed by atoms with Crippen molar-refractivity contribution in [2.75, 3.05) is 28.4 Å². The number of hydrogen-bond donors (Lipinski definition) is 3. The van der Waals surface area contributed by atoms with Gasteiger partial charge < -0.3 is 10.6 Å². The fourth-order valence-electron chi connectivity index (χ4n) is 2.45.